The number of fused-ring (bicyclic) bond motifs is 1. The van der Waals surface area contributed by atoms with Crippen LogP contribution >= 0.6 is 0 Å². The monoisotopic (exact) mass is 246 g/mol. The molecule has 1 amide bonds. The highest BCUT2D eigenvalue weighted by molar-refractivity contribution is 5.90. The summed E-state index contributed by atoms with van der Waals surface area (Å²) >= 11 is 0. The predicted octanol–water partition coefficient (Wildman–Crippen LogP) is 1.30. The van der Waals surface area contributed by atoms with E-state index >= 15 is 0 Å². The smallest absolute Gasteiger partial charge is 0.325 e. The number of para-hydroxylation sites is 1. The number of hydrogen-bond donors (Lipinski definition) is 3. The second-order valence-electron chi connectivity index (χ2n) is 4.16. The molecular formula is C13H14N2O3. The number of aromatic amines is 1. The summed E-state index contributed by atoms with van der Waals surface area (Å²) in [5.74, 6) is -1.34. The number of carboxylic acids is 1. The van der Waals surface area contributed by atoms with Crippen molar-refractivity contribution in [1.82, 2.24) is 10.3 Å². The maximum absolute atomic E-state index is 11.7. The minimum absolute atomic E-state index is 0.168. The summed E-state index contributed by atoms with van der Waals surface area (Å²) in [6.45, 7) is 1.44. The van der Waals surface area contributed by atoms with Gasteiger partial charge >= 0.3 is 5.97 Å². The summed E-state index contributed by atoms with van der Waals surface area (Å²) in [4.78, 5) is 25.4. The van der Waals surface area contributed by atoms with Gasteiger partial charge in [-0.05, 0) is 18.6 Å². The fraction of sp³-hybridized carbons (Fsp3) is 0.231. The number of rotatable bonds is 4. The Bertz CT molecular complexity index is 589. The molecule has 0 fully saturated rings. The van der Waals surface area contributed by atoms with E-state index in [1.165, 1.54) is 6.92 Å². The van der Waals surface area contributed by atoms with Gasteiger partial charge < -0.3 is 15.4 Å². The van der Waals surface area contributed by atoms with Crippen LogP contribution < -0.4 is 5.32 Å². The Morgan fingerprint density at radius 1 is 1.39 bits per heavy atom. The molecule has 1 aromatic heterocycles. The first kappa shape index (κ1) is 12.2. The Morgan fingerprint density at radius 2 is 2.11 bits per heavy atom. The zero-order valence-corrected chi connectivity index (χ0v) is 9.93. The lowest BCUT2D eigenvalue weighted by Gasteiger charge is -2.08. The highest BCUT2D eigenvalue weighted by atomic mass is 16.4. The molecule has 2 rings (SSSR count). The highest BCUT2D eigenvalue weighted by Crippen LogP contribution is 2.17. The zero-order chi connectivity index (χ0) is 13.1. The number of hydrogen-bond acceptors (Lipinski definition) is 2. The van der Waals surface area contributed by atoms with Crippen molar-refractivity contribution < 1.29 is 14.7 Å². The molecule has 94 valence electrons. The molecule has 0 bridgehead atoms. The molecule has 0 spiro atoms. The summed E-state index contributed by atoms with van der Waals surface area (Å²) < 4.78 is 0. The van der Waals surface area contributed by atoms with Gasteiger partial charge in [-0.3, -0.25) is 9.59 Å². The fourth-order valence-electron chi connectivity index (χ4n) is 1.81. The van der Waals surface area contributed by atoms with Crippen LogP contribution in [0.4, 0.5) is 0 Å². The van der Waals surface area contributed by atoms with Crippen LogP contribution in [0.1, 0.15) is 12.5 Å². The van der Waals surface area contributed by atoms with E-state index in [0.29, 0.717) is 0 Å². The van der Waals surface area contributed by atoms with Gasteiger partial charge in [0.05, 0.1) is 6.42 Å². The van der Waals surface area contributed by atoms with Crippen LogP contribution in [-0.4, -0.2) is 28.0 Å². The van der Waals surface area contributed by atoms with Crippen LogP contribution in [0.5, 0.6) is 0 Å². The van der Waals surface area contributed by atoms with Gasteiger partial charge in [0.1, 0.15) is 6.04 Å². The van der Waals surface area contributed by atoms with Crippen molar-refractivity contribution in [3.8, 4) is 0 Å². The number of nitrogens with one attached hydrogen (secondary N) is 2. The molecule has 1 aromatic carbocycles. The molecule has 18 heavy (non-hydrogen) atoms. The average Bonchev–Trinajstić information content (AvgIpc) is 2.72. The second-order valence-corrected chi connectivity index (χ2v) is 4.16. The Morgan fingerprint density at radius 3 is 2.83 bits per heavy atom. The summed E-state index contributed by atoms with van der Waals surface area (Å²) in [5.41, 5.74) is 1.83. The van der Waals surface area contributed by atoms with Gasteiger partial charge in [-0.2, -0.15) is 0 Å². The zero-order valence-electron chi connectivity index (χ0n) is 9.93. The Kier molecular flexibility index (Phi) is 3.32. The third-order valence-corrected chi connectivity index (χ3v) is 2.77. The molecule has 3 N–H and O–H groups in total. The molecule has 0 aliphatic rings. The van der Waals surface area contributed by atoms with Crippen molar-refractivity contribution in [2.24, 2.45) is 0 Å². The molecule has 0 aliphatic carbocycles. The van der Waals surface area contributed by atoms with Gasteiger partial charge in [-0.1, -0.05) is 18.2 Å². The lowest BCUT2D eigenvalue weighted by atomic mass is 10.1. The molecule has 0 radical (unpaired) electrons. The van der Waals surface area contributed by atoms with E-state index in [1.807, 2.05) is 24.3 Å². The van der Waals surface area contributed by atoms with E-state index in [-0.39, 0.29) is 12.3 Å². The molecule has 0 aliphatic heterocycles. The van der Waals surface area contributed by atoms with Crippen molar-refractivity contribution >= 4 is 22.8 Å². The number of benzene rings is 1. The number of aromatic nitrogens is 1. The van der Waals surface area contributed by atoms with Crippen LogP contribution in [0.2, 0.25) is 0 Å². The maximum Gasteiger partial charge on any atom is 0.325 e. The first-order valence-electron chi connectivity index (χ1n) is 5.65. The molecule has 5 heteroatoms. The van der Waals surface area contributed by atoms with Crippen LogP contribution in [0.15, 0.2) is 30.5 Å². The van der Waals surface area contributed by atoms with Crippen LogP contribution in [-0.2, 0) is 16.0 Å². The molecule has 2 aromatic rings. The Labute approximate surface area is 104 Å². The van der Waals surface area contributed by atoms with E-state index < -0.39 is 12.0 Å². The summed E-state index contributed by atoms with van der Waals surface area (Å²) in [5, 5.41) is 12.1. The molecular weight excluding hydrogens is 232 g/mol. The second kappa shape index (κ2) is 4.91. The SMILES string of the molecule is C[C@@H](NC(=O)Cc1c[nH]c2ccccc12)C(=O)O. The lowest BCUT2D eigenvalue weighted by Crippen LogP contribution is -2.39. The normalized spacial score (nSPS) is 12.3. The van der Waals surface area contributed by atoms with Crippen molar-refractivity contribution in [3.63, 3.8) is 0 Å². The molecule has 1 atom stereocenters. The number of H-pyrrole nitrogens is 1. The van der Waals surface area contributed by atoms with Crippen molar-refractivity contribution in [1.29, 1.82) is 0 Å². The molecule has 0 unspecified atom stereocenters. The first-order valence-corrected chi connectivity index (χ1v) is 5.65. The summed E-state index contributed by atoms with van der Waals surface area (Å²) in [6, 6.07) is 6.79. The van der Waals surface area contributed by atoms with Crippen LogP contribution in [0.25, 0.3) is 10.9 Å². The van der Waals surface area contributed by atoms with Gasteiger partial charge in [0.25, 0.3) is 0 Å². The van der Waals surface area contributed by atoms with E-state index in [4.69, 9.17) is 5.11 Å². The quantitative estimate of drug-likeness (QED) is 0.760. The summed E-state index contributed by atoms with van der Waals surface area (Å²) in [7, 11) is 0. The number of carbonyl (C=O) groups is 2. The fourth-order valence-corrected chi connectivity index (χ4v) is 1.81. The maximum atomic E-state index is 11.7. The number of carboxylic acid groups (broad SMARTS) is 1. The highest BCUT2D eigenvalue weighted by Gasteiger charge is 2.15. The molecule has 0 saturated heterocycles. The summed E-state index contributed by atoms with van der Waals surface area (Å²) in [6.07, 6.45) is 1.94. The first-order chi connectivity index (χ1) is 8.58. The number of aliphatic carboxylic acids is 1. The van der Waals surface area contributed by atoms with Gasteiger partial charge in [-0.25, -0.2) is 0 Å². The largest absolute Gasteiger partial charge is 0.480 e. The minimum atomic E-state index is -1.04. The van der Waals surface area contributed by atoms with Crippen LogP contribution in [0.3, 0.4) is 0 Å². The molecule has 5 nitrogen and oxygen atoms in total. The van der Waals surface area contributed by atoms with Crippen molar-refractivity contribution in [2.45, 2.75) is 19.4 Å². The standard InChI is InChI=1S/C13H14N2O3/c1-8(13(17)18)15-12(16)6-9-7-14-11-5-3-2-4-10(9)11/h2-5,7-8,14H,6H2,1H3,(H,15,16)(H,17,18)/t8-/m1/s1. The third-order valence-electron chi connectivity index (χ3n) is 2.77. The van der Waals surface area contributed by atoms with Gasteiger partial charge in [0.15, 0.2) is 0 Å². The van der Waals surface area contributed by atoms with Crippen molar-refractivity contribution in [2.75, 3.05) is 0 Å². The van der Waals surface area contributed by atoms with Gasteiger partial charge in [-0.15, -0.1) is 0 Å². The molecule has 1 heterocycles. The van der Waals surface area contributed by atoms with E-state index in [1.54, 1.807) is 6.20 Å². The Hall–Kier alpha value is -2.30. The predicted molar refractivity (Wildman–Crippen MR) is 67.2 cm³/mol. The van der Waals surface area contributed by atoms with Gasteiger partial charge in [0, 0.05) is 17.1 Å². The Balaban J connectivity index is 2.10. The lowest BCUT2D eigenvalue weighted by molar-refractivity contribution is -0.141. The van der Waals surface area contributed by atoms with Crippen molar-refractivity contribution in [3.05, 3.63) is 36.0 Å². The average molecular weight is 246 g/mol. The van der Waals surface area contributed by atoms with E-state index in [9.17, 15) is 9.59 Å². The minimum Gasteiger partial charge on any atom is -0.480 e. The number of carbonyl (C=O) groups excluding carboxylic acids is 1. The molecule has 0 saturated carbocycles. The number of amides is 1. The van der Waals surface area contributed by atoms with E-state index in [2.05, 4.69) is 10.3 Å². The van der Waals surface area contributed by atoms with Crippen LogP contribution in [0, 0.1) is 0 Å². The van der Waals surface area contributed by atoms with Gasteiger partial charge in [0.2, 0.25) is 5.91 Å². The van der Waals surface area contributed by atoms with E-state index in [0.717, 1.165) is 16.5 Å². The third kappa shape index (κ3) is 2.51. The topological polar surface area (TPSA) is 82.2 Å².